The van der Waals surface area contributed by atoms with Crippen LogP contribution in [0, 0.1) is 0 Å². The van der Waals surface area contributed by atoms with Crippen molar-refractivity contribution in [1.29, 1.82) is 0 Å². The summed E-state index contributed by atoms with van der Waals surface area (Å²) in [4.78, 5) is 35.2. The van der Waals surface area contributed by atoms with Crippen LogP contribution in [0.3, 0.4) is 0 Å². The lowest BCUT2D eigenvalue weighted by Gasteiger charge is -2.11. The smallest absolute Gasteiger partial charge is 0.228 e. The minimum atomic E-state index is -0.219. The summed E-state index contributed by atoms with van der Waals surface area (Å²) in [7, 11) is 3.11. The number of rotatable bonds is 7. The molecule has 0 radical (unpaired) electrons. The zero-order valence-corrected chi connectivity index (χ0v) is 15.1. The van der Waals surface area contributed by atoms with Gasteiger partial charge in [-0.1, -0.05) is 12.1 Å². The predicted octanol–water partition coefficient (Wildman–Crippen LogP) is 2.37. The monoisotopic (exact) mass is 354 g/mol. The quantitative estimate of drug-likeness (QED) is 0.748. The molecule has 0 heterocycles. The Morgan fingerprint density at radius 3 is 2.23 bits per heavy atom. The first kappa shape index (κ1) is 19.2. The van der Waals surface area contributed by atoms with E-state index in [-0.39, 0.29) is 24.0 Å². The molecule has 2 N–H and O–H groups in total. The van der Waals surface area contributed by atoms with E-state index in [1.54, 1.807) is 49.5 Å². The minimum Gasteiger partial charge on any atom is -0.496 e. The maximum atomic E-state index is 12.3. The molecule has 2 aromatic rings. The van der Waals surface area contributed by atoms with E-state index >= 15 is 0 Å². The van der Waals surface area contributed by atoms with Crippen LogP contribution in [0.5, 0.6) is 5.75 Å². The molecule has 0 aliphatic heterocycles. The number of methoxy groups -OCH3 is 1. The number of likely N-dealkylation sites (N-methyl/N-ethyl adjacent to an activating group) is 1. The van der Waals surface area contributed by atoms with Gasteiger partial charge >= 0.3 is 0 Å². The van der Waals surface area contributed by atoms with Gasteiger partial charge in [-0.15, -0.1) is 0 Å². The van der Waals surface area contributed by atoms with Gasteiger partial charge in [0.1, 0.15) is 5.75 Å². The van der Waals surface area contributed by atoms with Crippen LogP contribution in [-0.4, -0.2) is 31.8 Å². The molecule has 0 saturated carbocycles. The molecule has 0 aliphatic rings. The van der Waals surface area contributed by atoms with Crippen LogP contribution in [0.1, 0.15) is 28.4 Å². The maximum absolute atomic E-state index is 12.3. The summed E-state index contributed by atoms with van der Waals surface area (Å²) < 4.78 is 5.27. The van der Waals surface area contributed by atoms with Crippen molar-refractivity contribution in [2.45, 2.75) is 19.8 Å². The van der Waals surface area contributed by atoms with Crippen LogP contribution in [0.2, 0.25) is 0 Å². The number of anilines is 1. The Morgan fingerprint density at radius 2 is 1.65 bits per heavy atom. The molecule has 0 unspecified atom stereocenters. The van der Waals surface area contributed by atoms with E-state index in [1.807, 2.05) is 0 Å². The van der Waals surface area contributed by atoms with Gasteiger partial charge in [-0.2, -0.15) is 0 Å². The van der Waals surface area contributed by atoms with Crippen LogP contribution in [0.4, 0.5) is 5.69 Å². The topological polar surface area (TPSA) is 84.5 Å². The molecule has 0 fully saturated rings. The largest absolute Gasteiger partial charge is 0.496 e. The number of ether oxygens (including phenoxy) is 1. The third-order valence-electron chi connectivity index (χ3n) is 3.92. The predicted molar refractivity (Wildman–Crippen MR) is 99.5 cm³/mol. The first-order valence-corrected chi connectivity index (χ1v) is 8.20. The molecule has 0 spiro atoms. The van der Waals surface area contributed by atoms with Gasteiger partial charge in [0.25, 0.3) is 0 Å². The molecule has 2 rings (SSSR count). The zero-order chi connectivity index (χ0) is 19.1. The van der Waals surface area contributed by atoms with Gasteiger partial charge in [0.2, 0.25) is 11.8 Å². The molecule has 0 aromatic heterocycles. The molecule has 2 aromatic carbocycles. The Balaban J connectivity index is 2.05. The van der Waals surface area contributed by atoms with Gasteiger partial charge in [0, 0.05) is 23.9 Å². The van der Waals surface area contributed by atoms with E-state index in [2.05, 4.69) is 10.6 Å². The maximum Gasteiger partial charge on any atom is 0.228 e. The van der Waals surface area contributed by atoms with Crippen molar-refractivity contribution < 1.29 is 19.1 Å². The number of hydrogen-bond donors (Lipinski definition) is 2. The van der Waals surface area contributed by atoms with Crippen LogP contribution >= 0.6 is 0 Å². The van der Waals surface area contributed by atoms with E-state index in [9.17, 15) is 14.4 Å². The number of carbonyl (C=O) groups excluding carboxylic acids is 3. The Morgan fingerprint density at radius 1 is 0.962 bits per heavy atom. The Hall–Kier alpha value is -3.15. The second-order valence-corrected chi connectivity index (χ2v) is 5.85. The van der Waals surface area contributed by atoms with Crippen molar-refractivity contribution in [3.05, 3.63) is 59.2 Å². The van der Waals surface area contributed by atoms with E-state index in [0.29, 0.717) is 29.0 Å². The molecular weight excluding hydrogens is 332 g/mol. The first-order valence-electron chi connectivity index (χ1n) is 8.20. The molecule has 0 aliphatic carbocycles. The lowest BCUT2D eigenvalue weighted by Crippen LogP contribution is -2.20. The molecular formula is C20H22N2O4. The molecule has 0 atom stereocenters. The van der Waals surface area contributed by atoms with Crippen LogP contribution in [0.15, 0.2) is 42.5 Å². The molecule has 0 saturated heterocycles. The Kier molecular flexibility index (Phi) is 6.49. The Labute approximate surface area is 152 Å². The molecule has 6 nitrogen and oxygen atoms in total. The number of hydrogen-bond acceptors (Lipinski definition) is 4. The van der Waals surface area contributed by atoms with Gasteiger partial charge in [0.15, 0.2) is 5.78 Å². The van der Waals surface area contributed by atoms with Gasteiger partial charge < -0.3 is 15.4 Å². The lowest BCUT2D eigenvalue weighted by atomic mass is 10.0. The highest BCUT2D eigenvalue weighted by Crippen LogP contribution is 2.21. The molecule has 136 valence electrons. The average Bonchev–Trinajstić information content (AvgIpc) is 2.63. The molecule has 26 heavy (non-hydrogen) atoms. The fraction of sp³-hybridized carbons (Fsp3) is 0.250. The van der Waals surface area contributed by atoms with E-state index < -0.39 is 0 Å². The van der Waals surface area contributed by atoms with Crippen molar-refractivity contribution in [1.82, 2.24) is 5.32 Å². The summed E-state index contributed by atoms with van der Waals surface area (Å²) in [6, 6.07) is 12.1. The van der Waals surface area contributed by atoms with Crippen LogP contribution < -0.4 is 15.4 Å². The lowest BCUT2D eigenvalue weighted by molar-refractivity contribution is -0.120. The highest BCUT2D eigenvalue weighted by molar-refractivity contribution is 5.96. The number of nitrogens with one attached hydrogen (secondary N) is 2. The Bertz CT molecular complexity index is 813. The van der Waals surface area contributed by atoms with E-state index in [1.165, 1.54) is 14.0 Å². The minimum absolute atomic E-state index is 0.0685. The van der Waals surface area contributed by atoms with Crippen molar-refractivity contribution >= 4 is 23.3 Å². The summed E-state index contributed by atoms with van der Waals surface area (Å²) in [5.41, 5.74) is 2.68. The molecule has 2 amide bonds. The number of amides is 2. The fourth-order valence-corrected chi connectivity index (χ4v) is 2.49. The van der Waals surface area contributed by atoms with E-state index in [4.69, 9.17) is 4.74 Å². The number of ketones is 1. The van der Waals surface area contributed by atoms with Crippen LogP contribution in [-0.2, 0) is 22.4 Å². The van der Waals surface area contributed by atoms with Crippen molar-refractivity contribution in [2.75, 3.05) is 19.5 Å². The van der Waals surface area contributed by atoms with E-state index in [0.717, 1.165) is 5.56 Å². The highest BCUT2D eigenvalue weighted by atomic mass is 16.5. The third-order valence-corrected chi connectivity index (χ3v) is 3.92. The zero-order valence-electron chi connectivity index (χ0n) is 15.1. The van der Waals surface area contributed by atoms with Crippen molar-refractivity contribution in [2.24, 2.45) is 0 Å². The molecule has 0 bridgehead atoms. The second kappa shape index (κ2) is 8.80. The van der Waals surface area contributed by atoms with Crippen molar-refractivity contribution in [3.8, 4) is 5.75 Å². The normalized spacial score (nSPS) is 10.1. The summed E-state index contributed by atoms with van der Waals surface area (Å²) in [6.45, 7) is 1.48. The number of carbonyl (C=O) groups is 3. The van der Waals surface area contributed by atoms with Crippen LogP contribution in [0.25, 0.3) is 0 Å². The summed E-state index contributed by atoms with van der Waals surface area (Å²) in [5, 5.41) is 5.37. The standard InChI is InChI=1S/C20H22N2O4/c1-13(23)15-6-9-18(26-3)16(11-15)12-20(25)22-17-7-4-14(5-8-17)10-19(24)21-2/h4-9,11H,10,12H2,1-3H3,(H,21,24)(H,22,25). The summed E-state index contributed by atoms with van der Waals surface area (Å²) in [5.74, 6) is 0.203. The second-order valence-electron chi connectivity index (χ2n) is 5.85. The summed E-state index contributed by atoms with van der Waals surface area (Å²) >= 11 is 0. The summed E-state index contributed by atoms with van der Waals surface area (Å²) in [6.07, 6.45) is 0.379. The fourth-order valence-electron chi connectivity index (χ4n) is 2.49. The van der Waals surface area contributed by atoms with Crippen molar-refractivity contribution in [3.63, 3.8) is 0 Å². The number of Topliss-reactive ketones (excluding diaryl/α,β-unsaturated/α-hetero) is 1. The SMILES string of the molecule is CNC(=O)Cc1ccc(NC(=O)Cc2cc(C(C)=O)ccc2OC)cc1. The van der Waals surface area contributed by atoms with Gasteiger partial charge in [-0.25, -0.2) is 0 Å². The molecule has 6 heteroatoms. The highest BCUT2D eigenvalue weighted by Gasteiger charge is 2.12. The van der Waals surface area contributed by atoms with Gasteiger partial charge in [-0.3, -0.25) is 14.4 Å². The first-order chi connectivity index (χ1) is 12.4. The van der Waals surface area contributed by atoms with Gasteiger partial charge in [-0.05, 0) is 42.8 Å². The number of benzene rings is 2. The van der Waals surface area contributed by atoms with Gasteiger partial charge in [0.05, 0.1) is 20.0 Å². The average molecular weight is 354 g/mol. The third kappa shape index (κ3) is 5.17.